The number of fused-ring (bicyclic) bond motifs is 1. The molecule has 2 heterocycles. The van der Waals surface area contributed by atoms with Crippen LogP contribution >= 0.6 is 11.3 Å². The Kier molecular flexibility index (Phi) is 4.23. The number of nitrogens with zero attached hydrogens (tertiary/aromatic N) is 2. The van der Waals surface area contributed by atoms with Gasteiger partial charge in [-0.25, -0.2) is 4.79 Å². The van der Waals surface area contributed by atoms with Crippen molar-refractivity contribution in [2.45, 2.75) is 31.8 Å². The molecule has 0 radical (unpaired) electrons. The van der Waals surface area contributed by atoms with Crippen molar-refractivity contribution < 1.29 is 9.21 Å². The van der Waals surface area contributed by atoms with Crippen LogP contribution < -0.4 is 11.1 Å². The Balaban J connectivity index is 1.38. The maximum absolute atomic E-state index is 12.2. The number of aryl methyl sites for hydroxylation is 2. The fourth-order valence-corrected chi connectivity index (χ4v) is 3.77. The molecule has 0 spiro atoms. The van der Waals surface area contributed by atoms with Crippen LogP contribution in [0, 0.1) is 0 Å². The molecule has 4 rings (SSSR count). The maximum atomic E-state index is 12.2. The molecule has 1 atom stereocenters. The predicted octanol–water partition coefficient (Wildman–Crippen LogP) is 2.76. The summed E-state index contributed by atoms with van der Waals surface area (Å²) in [6.07, 6.45) is 2.08. The Labute approximate surface area is 148 Å². The second-order valence-corrected chi connectivity index (χ2v) is 6.93. The average molecular weight is 355 g/mol. The zero-order valence-corrected chi connectivity index (χ0v) is 14.3. The Morgan fingerprint density at radius 3 is 3.04 bits per heavy atom. The van der Waals surface area contributed by atoms with E-state index in [0.29, 0.717) is 5.89 Å². The van der Waals surface area contributed by atoms with Crippen molar-refractivity contribution in [2.75, 3.05) is 0 Å². The molecule has 0 saturated heterocycles. The summed E-state index contributed by atoms with van der Waals surface area (Å²) in [5.74, 6) is -0.332. The first-order valence-corrected chi connectivity index (χ1v) is 9.07. The van der Waals surface area contributed by atoms with Crippen molar-refractivity contribution in [3.05, 3.63) is 63.5 Å². The normalized spacial score (nSPS) is 15.9. The van der Waals surface area contributed by atoms with E-state index in [0.717, 1.165) is 17.7 Å². The SMILES string of the molecule is O=C(CCn1nc(-c2cccs2)oc1=O)N[C@H]1CCc2ccccc21. The molecule has 0 saturated carbocycles. The van der Waals surface area contributed by atoms with Gasteiger partial charge in [-0.1, -0.05) is 30.3 Å². The van der Waals surface area contributed by atoms with Gasteiger partial charge in [0.15, 0.2) is 0 Å². The van der Waals surface area contributed by atoms with Gasteiger partial charge in [-0.3, -0.25) is 4.79 Å². The zero-order chi connectivity index (χ0) is 17.2. The van der Waals surface area contributed by atoms with E-state index in [1.54, 1.807) is 0 Å². The summed E-state index contributed by atoms with van der Waals surface area (Å²) in [5, 5.41) is 9.10. The van der Waals surface area contributed by atoms with Crippen LogP contribution in [0.1, 0.15) is 30.0 Å². The fraction of sp³-hybridized carbons (Fsp3) is 0.278. The first-order valence-electron chi connectivity index (χ1n) is 8.20. The lowest BCUT2D eigenvalue weighted by molar-refractivity contribution is -0.122. The van der Waals surface area contributed by atoms with Crippen molar-refractivity contribution in [1.29, 1.82) is 0 Å². The predicted molar refractivity (Wildman–Crippen MR) is 94.3 cm³/mol. The van der Waals surface area contributed by atoms with Gasteiger partial charge in [-0.15, -0.1) is 16.4 Å². The summed E-state index contributed by atoms with van der Waals surface area (Å²) in [5.41, 5.74) is 2.48. The summed E-state index contributed by atoms with van der Waals surface area (Å²) in [4.78, 5) is 24.9. The number of hydrogen-bond donors (Lipinski definition) is 1. The second-order valence-electron chi connectivity index (χ2n) is 5.98. The molecule has 25 heavy (non-hydrogen) atoms. The summed E-state index contributed by atoms with van der Waals surface area (Å²) >= 11 is 1.45. The van der Waals surface area contributed by atoms with Crippen LogP contribution in [0.2, 0.25) is 0 Å². The molecule has 1 aliphatic rings. The highest BCUT2D eigenvalue weighted by Crippen LogP contribution is 2.30. The van der Waals surface area contributed by atoms with Crippen LogP contribution in [0.5, 0.6) is 0 Å². The number of nitrogens with one attached hydrogen (secondary N) is 1. The molecule has 1 aromatic carbocycles. The lowest BCUT2D eigenvalue weighted by Crippen LogP contribution is -2.29. The van der Waals surface area contributed by atoms with Gasteiger partial charge in [0, 0.05) is 6.42 Å². The minimum absolute atomic E-state index is 0.0550. The van der Waals surface area contributed by atoms with Gasteiger partial charge in [-0.05, 0) is 35.4 Å². The monoisotopic (exact) mass is 355 g/mol. The second kappa shape index (κ2) is 6.68. The van der Waals surface area contributed by atoms with Crippen LogP contribution in [0.25, 0.3) is 10.8 Å². The molecule has 0 unspecified atom stereocenters. The van der Waals surface area contributed by atoms with E-state index >= 15 is 0 Å². The molecule has 1 aliphatic carbocycles. The Hall–Kier alpha value is -2.67. The molecule has 1 N–H and O–H groups in total. The maximum Gasteiger partial charge on any atom is 0.437 e. The van der Waals surface area contributed by atoms with Crippen LogP contribution in [0.15, 0.2) is 51.0 Å². The largest absolute Gasteiger partial charge is 0.437 e. The molecule has 0 fully saturated rings. The highest BCUT2D eigenvalue weighted by molar-refractivity contribution is 7.13. The third-order valence-corrected chi connectivity index (χ3v) is 5.21. The van der Waals surface area contributed by atoms with Gasteiger partial charge < -0.3 is 9.73 Å². The van der Waals surface area contributed by atoms with Crippen LogP contribution in [0.3, 0.4) is 0 Å². The lowest BCUT2D eigenvalue weighted by atomic mass is 10.1. The summed E-state index contributed by atoms with van der Waals surface area (Å²) < 4.78 is 6.35. The van der Waals surface area contributed by atoms with E-state index in [4.69, 9.17) is 4.42 Å². The molecular weight excluding hydrogens is 338 g/mol. The number of aromatic nitrogens is 2. The van der Waals surface area contributed by atoms with Crippen molar-refractivity contribution in [2.24, 2.45) is 0 Å². The molecule has 7 heteroatoms. The third kappa shape index (κ3) is 3.28. The first kappa shape index (κ1) is 15.8. The molecule has 0 bridgehead atoms. The van der Waals surface area contributed by atoms with Crippen LogP contribution in [0.4, 0.5) is 0 Å². The minimum atomic E-state index is -0.539. The summed E-state index contributed by atoms with van der Waals surface area (Å²) in [7, 11) is 0. The molecule has 128 valence electrons. The Morgan fingerprint density at radius 1 is 1.32 bits per heavy atom. The number of hydrogen-bond acceptors (Lipinski definition) is 5. The molecular formula is C18H17N3O3S. The van der Waals surface area contributed by atoms with Gasteiger partial charge in [0.05, 0.1) is 17.5 Å². The van der Waals surface area contributed by atoms with Crippen molar-refractivity contribution in [1.82, 2.24) is 15.1 Å². The van der Waals surface area contributed by atoms with Crippen molar-refractivity contribution in [3.63, 3.8) is 0 Å². The van der Waals surface area contributed by atoms with Crippen molar-refractivity contribution in [3.8, 4) is 10.8 Å². The number of rotatable bonds is 5. The van der Waals surface area contributed by atoms with Crippen LogP contribution in [-0.4, -0.2) is 15.7 Å². The van der Waals surface area contributed by atoms with Gasteiger partial charge in [0.25, 0.3) is 5.89 Å². The van der Waals surface area contributed by atoms with Crippen molar-refractivity contribution >= 4 is 17.2 Å². The molecule has 3 aromatic rings. The van der Waals surface area contributed by atoms with Gasteiger partial charge >= 0.3 is 5.76 Å². The highest BCUT2D eigenvalue weighted by Gasteiger charge is 2.23. The smallest absolute Gasteiger partial charge is 0.387 e. The Bertz CT molecular complexity index is 943. The Morgan fingerprint density at radius 2 is 2.20 bits per heavy atom. The van der Waals surface area contributed by atoms with E-state index in [2.05, 4.69) is 22.5 Å². The number of benzene rings is 1. The van der Waals surface area contributed by atoms with Crippen LogP contribution in [-0.2, 0) is 17.8 Å². The number of carbonyl (C=O) groups excluding carboxylic acids is 1. The first-order chi connectivity index (χ1) is 12.2. The molecule has 1 amide bonds. The average Bonchev–Trinajstić information content (AvgIpc) is 3.34. The lowest BCUT2D eigenvalue weighted by Gasteiger charge is -2.13. The van der Waals surface area contributed by atoms with E-state index in [1.807, 2.05) is 29.6 Å². The van der Waals surface area contributed by atoms with E-state index < -0.39 is 5.76 Å². The van der Waals surface area contributed by atoms with Gasteiger partial charge in [0.2, 0.25) is 5.91 Å². The third-order valence-electron chi connectivity index (χ3n) is 4.36. The zero-order valence-electron chi connectivity index (χ0n) is 13.5. The number of carbonyl (C=O) groups is 1. The van der Waals surface area contributed by atoms with E-state index in [-0.39, 0.29) is 24.9 Å². The topological polar surface area (TPSA) is 77.1 Å². The quantitative estimate of drug-likeness (QED) is 0.763. The standard InChI is InChI=1S/C18H17N3O3S/c22-16(19-14-8-7-12-4-1-2-5-13(12)14)9-10-21-18(23)24-17(20-21)15-6-3-11-25-15/h1-6,11,14H,7-10H2,(H,19,22)/t14-/m0/s1. The minimum Gasteiger partial charge on any atom is -0.387 e. The summed E-state index contributed by atoms with van der Waals surface area (Å²) in [6.45, 7) is 0.202. The molecule has 2 aromatic heterocycles. The molecule has 0 aliphatic heterocycles. The molecule has 6 nitrogen and oxygen atoms in total. The number of thiophene rings is 1. The van der Waals surface area contributed by atoms with Gasteiger partial charge in [-0.2, -0.15) is 4.68 Å². The van der Waals surface area contributed by atoms with E-state index in [1.165, 1.54) is 27.1 Å². The van der Waals surface area contributed by atoms with E-state index in [9.17, 15) is 9.59 Å². The fourth-order valence-electron chi connectivity index (χ4n) is 3.13. The highest BCUT2D eigenvalue weighted by atomic mass is 32.1. The number of amides is 1. The summed E-state index contributed by atoms with van der Waals surface area (Å²) in [6, 6.07) is 11.9. The van der Waals surface area contributed by atoms with Gasteiger partial charge in [0.1, 0.15) is 0 Å².